The quantitative estimate of drug-likeness (QED) is 0.222. The number of para-hydroxylation sites is 1. The molecule has 0 atom stereocenters. The van der Waals surface area contributed by atoms with Crippen LogP contribution in [0, 0.1) is 13.8 Å². The van der Waals surface area contributed by atoms with Crippen LogP contribution in [0.15, 0.2) is 140 Å². The van der Waals surface area contributed by atoms with E-state index in [-0.39, 0.29) is 0 Å². The molecule has 0 aromatic heterocycles. The lowest BCUT2D eigenvalue weighted by Crippen LogP contribution is -2.11. The van der Waals surface area contributed by atoms with E-state index < -0.39 is 0 Å². The second-order valence-corrected chi connectivity index (χ2v) is 11.2. The minimum absolute atomic E-state index is 1.17. The van der Waals surface area contributed by atoms with Crippen LogP contribution in [0.5, 0.6) is 0 Å². The first kappa shape index (κ1) is 23.7. The van der Waals surface area contributed by atoms with Crippen molar-refractivity contribution in [3.63, 3.8) is 0 Å². The van der Waals surface area contributed by atoms with E-state index in [9.17, 15) is 0 Å². The van der Waals surface area contributed by atoms with Gasteiger partial charge in [-0.3, -0.25) is 0 Å². The van der Waals surface area contributed by atoms with Crippen LogP contribution in [0.3, 0.4) is 0 Å². The Morgan fingerprint density at radius 3 is 1.63 bits per heavy atom. The van der Waals surface area contributed by atoms with E-state index in [1.165, 1.54) is 83.1 Å². The summed E-state index contributed by atoms with van der Waals surface area (Å²) in [7, 11) is 0. The molecule has 1 aliphatic rings. The molecule has 1 heteroatoms. The Balaban J connectivity index is 1.22. The zero-order valence-electron chi connectivity index (χ0n) is 23.2. The first-order valence-corrected chi connectivity index (χ1v) is 14.3. The van der Waals surface area contributed by atoms with E-state index in [0.717, 1.165) is 0 Å². The van der Waals surface area contributed by atoms with Gasteiger partial charge in [0.05, 0.1) is 0 Å². The summed E-state index contributed by atoms with van der Waals surface area (Å²) in [4.78, 5) is 2.37. The van der Waals surface area contributed by atoms with Crippen molar-refractivity contribution in [3.8, 4) is 33.4 Å². The van der Waals surface area contributed by atoms with E-state index >= 15 is 0 Å². The monoisotopic (exact) mass is 523 g/mol. The van der Waals surface area contributed by atoms with Crippen LogP contribution in [0.4, 0.5) is 17.1 Å². The fraction of sp³-hybridized carbons (Fsp3) is 0.0500. The van der Waals surface area contributed by atoms with Gasteiger partial charge in [-0.15, -0.1) is 0 Å². The third kappa shape index (κ3) is 3.93. The van der Waals surface area contributed by atoms with Crippen molar-refractivity contribution in [2.75, 3.05) is 4.90 Å². The molecule has 41 heavy (non-hydrogen) atoms. The van der Waals surface area contributed by atoms with Crippen molar-refractivity contribution in [1.82, 2.24) is 0 Å². The van der Waals surface area contributed by atoms with Gasteiger partial charge >= 0.3 is 0 Å². The summed E-state index contributed by atoms with van der Waals surface area (Å²) in [5.74, 6) is 0. The Morgan fingerprint density at radius 2 is 0.951 bits per heavy atom. The van der Waals surface area contributed by atoms with Gasteiger partial charge in [0, 0.05) is 17.1 Å². The van der Waals surface area contributed by atoms with Crippen molar-refractivity contribution in [1.29, 1.82) is 0 Å². The maximum Gasteiger partial charge on any atom is 0.0490 e. The molecule has 0 saturated carbocycles. The standard InChI is InChI=1S/C40H29N/c1-26-12-17-34(18-13-26)41(40-11-7-6-8-27(40)2)35-19-16-31-23-37-38-24-32-20-29(28-9-4-3-5-10-28)14-15-30(32)22-36(38)39(37)25-33(31)21-35/h3-25H,1-2H3. The highest BCUT2D eigenvalue weighted by Crippen LogP contribution is 2.51. The van der Waals surface area contributed by atoms with E-state index in [1.54, 1.807) is 0 Å². The molecule has 7 aromatic carbocycles. The van der Waals surface area contributed by atoms with Crippen molar-refractivity contribution in [2.24, 2.45) is 0 Å². The van der Waals surface area contributed by atoms with Gasteiger partial charge in [-0.1, -0.05) is 84.4 Å². The summed E-state index contributed by atoms with van der Waals surface area (Å²) in [6.07, 6.45) is 0. The van der Waals surface area contributed by atoms with E-state index in [0.29, 0.717) is 0 Å². The van der Waals surface area contributed by atoms with Gasteiger partial charge in [-0.2, -0.15) is 0 Å². The number of anilines is 3. The molecule has 0 heterocycles. The van der Waals surface area contributed by atoms with Gasteiger partial charge in [0.1, 0.15) is 0 Å². The maximum atomic E-state index is 2.38. The average Bonchev–Trinajstić information content (AvgIpc) is 3.01. The van der Waals surface area contributed by atoms with E-state index in [2.05, 4.69) is 158 Å². The second-order valence-electron chi connectivity index (χ2n) is 11.2. The number of rotatable bonds is 4. The van der Waals surface area contributed by atoms with Crippen LogP contribution in [0.2, 0.25) is 0 Å². The zero-order chi connectivity index (χ0) is 27.5. The number of nitrogens with zero attached hydrogens (tertiary/aromatic N) is 1. The third-order valence-corrected chi connectivity index (χ3v) is 8.53. The van der Waals surface area contributed by atoms with Gasteiger partial charge < -0.3 is 4.90 Å². The molecule has 0 bridgehead atoms. The molecule has 194 valence electrons. The number of hydrogen-bond acceptors (Lipinski definition) is 1. The van der Waals surface area contributed by atoms with Crippen LogP contribution in [-0.4, -0.2) is 0 Å². The first-order valence-electron chi connectivity index (χ1n) is 14.3. The predicted molar refractivity (Wildman–Crippen MR) is 175 cm³/mol. The van der Waals surface area contributed by atoms with E-state index in [4.69, 9.17) is 0 Å². The summed E-state index contributed by atoms with van der Waals surface area (Å²) in [5, 5.41) is 5.10. The summed E-state index contributed by atoms with van der Waals surface area (Å²) >= 11 is 0. The van der Waals surface area contributed by atoms with Gasteiger partial charge in [0.2, 0.25) is 0 Å². The van der Waals surface area contributed by atoms with Crippen LogP contribution in [0.25, 0.3) is 54.9 Å². The number of fused-ring (bicyclic) bond motifs is 6. The summed E-state index contributed by atoms with van der Waals surface area (Å²) < 4.78 is 0. The molecule has 7 aromatic rings. The molecule has 1 nitrogen and oxygen atoms in total. The molecular formula is C40H29N. The highest BCUT2D eigenvalue weighted by Gasteiger charge is 2.24. The normalized spacial score (nSPS) is 11.7. The molecule has 0 N–H and O–H groups in total. The molecule has 0 aliphatic heterocycles. The molecule has 0 spiro atoms. The molecule has 1 aliphatic carbocycles. The molecule has 0 radical (unpaired) electrons. The highest BCUT2D eigenvalue weighted by atomic mass is 15.1. The van der Waals surface area contributed by atoms with Gasteiger partial charge in [-0.05, 0) is 135 Å². The topological polar surface area (TPSA) is 3.24 Å². The van der Waals surface area contributed by atoms with E-state index in [1.807, 2.05) is 0 Å². The van der Waals surface area contributed by atoms with Crippen LogP contribution >= 0.6 is 0 Å². The molecule has 0 fully saturated rings. The third-order valence-electron chi connectivity index (χ3n) is 8.53. The van der Waals surface area contributed by atoms with Crippen molar-refractivity contribution in [3.05, 3.63) is 151 Å². The summed E-state index contributed by atoms with van der Waals surface area (Å²) in [5.41, 5.74) is 14.0. The minimum Gasteiger partial charge on any atom is -0.310 e. The van der Waals surface area contributed by atoms with Crippen LogP contribution in [-0.2, 0) is 0 Å². The summed E-state index contributed by atoms with van der Waals surface area (Å²) in [6.45, 7) is 4.32. The van der Waals surface area contributed by atoms with Crippen molar-refractivity contribution < 1.29 is 0 Å². The van der Waals surface area contributed by atoms with Crippen molar-refractivity contribution >= 4 is 38.6 Å². The smallest absolute Gasteiger partial charge is 0.0490 e. The van der Waals surface area contributed by atoms with Gasteiger partial charge in [0.15, 0.2) is 0 Å². The summed E-state index contributed by atoms with van der Waals surface area (Å²) in [6, 6.07) is 51.2. The van der Waals surface area contributed by atoms with Crippen molar-refractivity contribution in [2.45, 2.75) is 13.8 Å². The molecular weight excluding hydrogens is 494 g/mol. The Bertz CT molecular complexity index is 2100. The Labute approximate surface area is 241 Å². The Morgan fingerprint density at radius 1 is 0.390 bits per heavy atom. The lowest BCUT2D eigenvalue weighted by Gasteiger charge is -2.28. The highest BCUT2D eigenvalue weighted by molar-refractivity contribution is 6.12. The fourth-order valence-corrected chi connectivity index (χ4v) is 6.30. The largest absolute Gasteiger partial charge is 0.310 e. The molecule has 8 rings (SSSR count). The maximum absolute atomic E-state index is 2.38. The SMILES string of the molecule is Cc1ccc(N(c2ccc3cc4c(cc3c2)-c2cc3ccc(-c5ccccc5)cc3cc2-4)c2ccccc2C)cc1. The Kier molecular flexibility index (Phi) is 5.33. The molecule has 0 unspecified atom stereocenters. The van der Waals surface area contributed by atoms with Crippen LogP contribution < -0.4 is 4.90 Å². The van der Waals surface area contributed by atoms with Gasteiger partial charge in [0.25, 0.3) is 0 Å². The van der Waals surface area contributed by atoms with Crippen LogP contribution in [0.1, 0.15) is 11.1 Å². The van der Waals surface area contributed by atoms with Gasteiger partial charge in [-0.25, -0.2) is 0 Å². The number of benzene rings is 7. The lowest BCUT2D eigenvalue weighted by atomic mass is 9.77. The second kappa shape index (κ2) is 9.21. The fourth-order valence-electron chi connectivity index (χ4n) is 6.30. The minimum atomic E-state index is 1.17. The lowest BCUT2D eigenvalue weighted by molar-refractivity contribution is 1.25. The average molecular weight is 524 g/mol. The zero-order valence-corrected chi connectivity index (χ0v) is 23.2. The molecule has 0 amide bonds. The first-order chi connectivity index (χ1) is 20.1. The Hall–Kier alpha value is -5.14. The molecule has 0 saturated heterocycles. The number of aryl methyl sites for hydroxylation is 2. The predicted octanol–water partition coefficient (Wildman–Crippen LogP) is 11.4. The number of hydrogen-bond donors (Lipinski definition) is 0.